The van der Waals surface area contributed by atoms with E-state index in [0.717, 1.165) is 12.1 Å². The minimum Gasteiger partial charge on any atom is -0.311 e. The number of benzene rings is 2. The average Bonchev–Trinajstić information content (AvgIpc) is 2.48. The van der Waals surface area contributed by atoms with Gasteiger partial charge in [-0.25, -0.2) is 0 Å². The lowest BCUT2D eigenvalue weighted by molar-refractivity contribution is 0.288. The quantitative estimate of drug-likeness (QED) is 0.848. The van der Waals surface area contributed by atoms with E-state index in [2.05, 4.69) is 48.6 Å². The number of nitrogens with zero attached hydrogens (tertiary/aromatic N) is 1. The fraction of sp³-hybridized carbons (Fsp3) is 0.294. The zero-order chi connectivity index (χ0) is 15.2. The molecule has 4 heteroatoms. The highest BCUT2D eigenvalue weighted by molar-refractivity contribution is 6.42. The van der Waals surface area contributed by atoms with Gasteiger partial charge < -0.3 is 10.2 Å². The smallest absolute Gasteiger partial charge is 0.0637 e. The molecule has 0 amide bonds. The summed E-state index contributed by atoms with van der Waals surface area (Å²) in [5.41, 5.74) is 2.32. The summed E-state index contributed by atoms with van der Waals surface area (Å²) >= 11 is 12.2. The van der Waals surface area contributed by atoms with Crippen LogP contribution in [0.25, 0.3) is 0 Å². The molecule has 0 aromatic heterocycles. The maximum Gasteiger partial charge on any atom is 0.0637 e. The Hall–Kier alpha value is -1.06. The second-order valence-corrected chi connectivity index (χ2v) is 6.02. The summed E-state index contributed by atoms with van der Waals surface area (Å²) in [4.78, 5) is 2.21. The van der Waals surface area contributed by atoms with Gasteiger partial charge in [0.2, 0.25) is 0 Å². The van der Waals surface area contributed by atoms with Gasteiger partial charge in [0.25, 0.3) is 0 Å². The molecular formula is C17H20Cl2N2. The Morgan fingerprint density at radius 1 is 1.00 bits per heavy atom. The number of halogens is 2. The Morgan fingerprint density at radius 3 is 2.38 bits per heavy atom. The van der Waals surface area contributed by atoms with Crippen LogP contribution in [0.1, 0.15) is 17.2 Å². The van der Waals surface area contributed by atoms with Crippen LogP contribution in [0.15, 0.2) is 48.5 Å². The zero-order valence-corrected chi connectivity index (χ0v) is 13.8. The summed E-state index contributed by atoms with van der Waals surface area (Å²) < 4.78 is 0. The summed E-state index contributed by atoms with van der Waals surface area (Å²) in [6.45, 7) is 1.55. The van der Waals surface area contributed by atoms with Crippen LogP contribution in [-0.2, 0) is 6.54 Å². The Labute approximate surface area is 136 Å². The molecule has 0 aliphatic heterocycles. The van der Waals surface area contributed by atoms with Crippen molar-refractivity contribution < 1.29 is 0 Å². The highest BCUT2D eigenvalue weighted by Gasteiger charge is 2.13. The van der Waals surface area contributed by atoms with E-state index in [1.807, 2.05) is 18.2 Å². The van der Waals surface area contributed by atoms with E-state index >= 15 is 0 Å². The minimum atomic E-state index is 0.323. The van der Waals surface area contributed by atoms with Crippen LogP contribution >= 0.6 is 23.2 Å². The molecule has 1 atom stereocenters. The molecular weight excluding hydrogens is 303 g/mol. The summed E-state index contributed by atoms with van der Waals surface area (Å²) in [6, 6.07) is 16.5. The average molecular weight is 323 g/mol. The van der Waals surface area contributed by atoms with E-state index in [-0.39, 0.29) is 0 Å². The first-order valence-electron chi connectivity index (χ1n) is 6.94. The van der Waals surface area contributed by atoms with Gasteiger partial charge in [-0.1, -0.05) is 65.7 Å². The largest absolute Gasteiger partial charge is 0.311 e. The molecule has 0 heterocycles. The van der Waals surface area contributed by atoms with E-state index in [4.69, 9.17) is 23.2 Å². The van der Waals surface area contributed by atoms with Gasteiger partial charge in [-0.2, -0.15) is 0 Å². The lowest BCUT2D eigenvalue weighted by Gasteiger charge is -2.25. The molecule has 0 spiro atoms. The Balaban J connectivity index is 1.99. The van der Waals surface area contributed by atoms with Crippen molar-refractivity contribution in [2.45, 2.75) is 12.6 Å². The molecule has 0 radical (unpaired) electrons. The van der Waals surface area contributed by atoms with Gasteiger partial charge >= 0.3 is 0 Å². The van der Waals surface area contributed by atoms with Crippen LogP contribution < -0.4 is 5.32 Å². The first-order chi connectivity index (χ1) is 10.1. The van der Waals surface area contributed by atoms with E-state index in [1.54, 1.807) is 6.07 Å². The van der Waals surface area contributed by atoms with Gasteiger partial charge in [0.15, 0.2) is 0 Å². The van der Waals surface area contributed by atoms with Crippen molar-refractivity contribution in [3.05, 3.63) is 69.7 Å². The maximum atomic E-state index is 6.21. The van der Waals surface area contributed by atoms with Crippen LogP contribution in [0.4, 0.5) is 0 Å². The van der Waals surface area contributed by atoms with Crippen LogP contribution in [0.3, 0.4) is 0 Å². The van der Waals surface area contributed by atoms with E-state index < -0.39 is 0 Å². The SMILES string of the molecule is CN(C)C(CNCc1cccc(Cl)c1Cl)c1ccccc1. The normalized spacial score (nSPS) is 12.6. The van der Waals surface area contributed by atoms with Gasteiger partial charge in [0, 0.05) is 19.1 Å². The van der Waals surface area contributed by atoms with Crippen molar-refractivity contribution in [1.82, 2.24) is 10.2 Å². The molecule has 0 saturated carbocycles. The molecule has 2 aromatic rings. The summed E-state index contributed by atoms with van der Waals surface area (Å²) in [5.74, 6) is 0. The fourth-order valence-electron chi connectivity index (χ4n) is 2.30. The lowest BCUT2D eigenvalue weighted by atomic mass is 10.1. The second kappa shape index (κ2) is 7.81. The van der Waals surface area contributed by atoms with Gasteiger partial charge in [0.1, 0.15) is 0 Å². The highest BCUT2D eigenvalue weighted by Crippen LogP contribution is 2.25. The van der Waals surface area contributed by atoms with Crippen molar-refractivity contribution in [2.75, 3.05) is 20.6 Å². The van der Waals surface area contributed by atoms with Gasteiger partial charge in [-0.05, 0) is 31.3 Å². The van der Waals surface area contributed by atoms with Gasteiger partial charge in [-0.3, -0.25) is 0 Å². The summed E-state index contributed by atoms with van der Waals surface area (Å²) in [6.07, 6.45) is 0. The van der Waals surface area contributed by atoms with Crippen LogP contribution in [-0.4, -0.2) is 25.5 Å². The standard InChI is InChI=1S/C17H20Cl2N2/c1-21(2)16(13-7-4-3-5-8-13)12-20-11-14-9-6-10-15(18)17(14)19/h3-10,16,20H,11-12H2,1-2H3. The fourth-order valence-corrected chi connectivity index (χ4v) is 2.69. The first kappa shape index (κ1) is 16.3. The minimum absolute atomic E-state index is 0.323. The first-order valence-corrected chi connectivity index (χ1v) is 7.70. The number of hydrogen-bond donors (Lipinski definition) is 1. The van der Waals surface area contributed by atoms with Crippen molar-refractivity contribution in [1.29, 1.82) is 0 Å². The molecule has 1 unspecified atom stereocenters. The van der Waals surface area contributed by atoms with Gasteiger partial charge in [-0.15, -0.1) is 0 Å². The van der Waals surface area contributed by atoms with E-state index in [9.17, 15) is 0 Å². The number of hydrogen-bond acceptors (Lipinski definition) is 2. The van der Waals surface area contributed by atoms with Gasteiger partial charge in [0.05, 0.1) is 10.0 Å². The monoisotopic (exact) mass is 322 g/mol. The third-order valence-electron chi connectivity index (χ3n) is 3.49. The van der Waals surface area contributed by atoms with Crippen molar-refractivity contribution in [2.24, 2.45) is 0 Å². The van der Waals surface area contributed by atoms with E-state index in [0.29, 0.717) is 22.6 Å². The molecule has 0 bridgehead atoms. The van der Waals surface area contributed by atoms with Crippen molar-refractivity contribution in [3.63, 3.8) is 0 Å². The predicted octanol–water partition coefficient (Wildman–Crippen LogP) is 4.39. The van der Waals surface area contributed by atoms with Crippen LogP contribution in [0.5, 0.6) is 0 Å². The lowest BCUT2D eigenvalue weighted by Crippen LogP contribution is -2.30. The molecule has 112 valence electrons. The third-order valence-corrected chi connectivity index (χ3v) is 4.35. The third kappa shape index (κ3) is 4.45. The molecule has 21 heavy (non-hydrogen) atoms. The Morgan fingerprint density at radius 2 is 1.71 bits per heavy atom. The second-order valence-electron chi connectivity index (χ2n) is 5.23. The number of likely N-dealkylation sites (N-methyl/N-ethyl adjacent to an activating group) is 1. The Bertz CT molecular complexity index is 570. The maximum absolute atomic E-state index is 6.21. The summed E-state index contributed by atoms with van der Waals surface area (Å²) in [7, 11) is 4.18. The predicted molar refractivity (Wildman–Crippen MR) is 91.0 cm³/mol. The molecule has 2 aromatic carbocycles. The van der Waals surface area contributed by atoms with E-state index in [1.165, 1.54) is 5.56 Å². The van der Waals surface area contributed by atoms with Crippen LogP contribution in [0, 0.1) is 0 Å². The van der Waals surface area contributed by atoms with Crippen molar-refractivity contribution in [3.8, 4) is 0 Å². The molecule has 2 rings (SSSR count). The molecule has 0 fully saturated rings. The van der Waals surface area contributed by atoms with Crippen LogP contribution in [0.2, 0.25) is 10.0 Å². The van der Waals surface area contributed by atoms with Crippen molar-refractivity contribution >= 4 is 23.2 Å². The number of rotatable bonds is 6. The topological polar surface area (TPSA) is 15.3 Å². The summed E-state index contributed by atoms with van der Waals surface area (Å²) in [5, 5.41) is 4.70. The molecule has 0 aliphatic rings. The number of nitrogens with one attached hydrogen (secondary N) is 1. The highest BCUT2D eigenvalue weighted by atomic mass is 35.5. The Kier molecular flexibility index (Phi) is 6.07. The molecule has 1 N–H and O–H groups in total. The molecule has 0 aliphatic carbocycles. The zero-order valence-electron chi connectivity index (χ0n) is 12.3. The molecule has 0 saturated heterocycles. The molecule has 2 nitrogen and oxygen atoms in total.